The monoisotopic (exact) mass is 1040 g/mol. The minimum absolute atomic E-state index is 0.00561. The maximum absolute atomic E-state index is 13.3. The van der Waals surface area contributed by atoms with E-state index in [9.17, 15) is 38.4 Å². The number of hydrogen-bond acceptors (Lipinski definition) is 11. The minimum Gasteiger partial charge on any atom is -0.381 e. The Hall–Kier alpha value is -4.74. The number of carbonyl (C=O) groups excluding carboxylic acids is 8. The molecule has 6 unspecified atom stereocenters. The van der Waals surface area contributed by atoms with Gasteiger partial charge >= 0.3 is 0 Å². The molecule has 1 aromatic carbocycles. The van der Waals surface area contributed by atoms with Gasteiger partial charge in [-0.2, -0.15) is 0 Å². The normalized spacial score (nSPS) is 18.0. The minimum atomic E-state index is -0.636. The van der Waals surface area contributed by atoms with E-state index in [1.807, 2.05) is 83.5 Å². The first-order valence-corrected chi connectivity index (χ1v) is 27.5. The zero-order chi connectivity index (χ0) is 56.3. The number of nitrogens with zero attached hydrogens (tertiary/aromatic N) is 3. The van der Waals surface area contributed by atoms with Gasteiger partial charge in [-0.05, 0) is 88.3 Å². The molecule has 17 nitrogen and oxygen atoms in total. The van der Waals surface area contributed by atoms with Crippen molar-refractivity contribution in [3.05, 3.63) is 35.9 Å². The third-order valence-electron chi connectivity index (χ3n) is 14.6. The molecule has 0 spiro atoms. The lowest BCUT2D eigenvalue weighted by molar-refractivity contribution is -0.142. The fourth-order valence-corrected chi connectivity index (χ4v) is 9.80. The molecule has 17 heteroatoms. The number of amides is 7. The van der Waals surface area contributed by atoms with Crippen molar-refractivity contribution in [2.45, 2.75) is 197 Å². The average Bonchev–Trinajstić information content (AvgIpc) is 3.92. The number of nitrogens with one attached hydrogen (secondary N) is 4. The first kappa shape index (κ1) is 67.3. The van der Waals surface area contributed by atoms with Crippen molar-refractivity contribution < 1.29 is 47.8 Å². The number of ketones is 1. The van der Waals surface area contributed by atoms with Gasteiger partial charge in [0.05, 0.1) is 48.1 Å². The first-order chi connectivity index (χ1) is 34.9. The van der Waals surface area contributed by atoms with E-state index in [1.54, 1.807) is 28.1 Å². The molecule has 7 amide bonds. The summed E-state index contributed by atoms with van der Waals surface area (Å²) in [5.74, 6) is -0.709. The number of likely N-dealkylation sites (N-methyl/N-ethyl adjacent to an activating group) is 1. The lowest BCUT2D eigenvalue weighted by Crippen LogP contribution is -2.54. The summed E-state index contributed by atoms with van der Waals surface area (Å²) in [6.07, 6.45) is 6.56. The number of imide groups is 1. The predicted molar refractivity (Wildman–Crippen MR) is 291 cm³/mol. The van der Waals surface area contributed by atoms with E-state index < -0.39 is 17.5 Å². The average molecular weight is 1040 g/mol. The highest BCUT2D eigenvalue weighted by molar-refractivity contribution is 6.05. The molecule has 2 saturated heterocycles. The summed E-state index contributed by atoms with van der Waals surface area (Å²) in [7, 11) is 5.15. The van der Waals surface area contributed by atoms with Gasteiger partial charge in [0.2, 0.25) is 41.4 Å². The molecular weight excluding hydrogens is 943 g/mol. The molecule has 422 valence electrons. The van der Waals surface area contributed by atoms with Gasteiger partial charge in [0.1, 0.15) is 0 Å². The molecule has 0 aromatic heterocycles. The second-order valence-corrected chi connectivity index (χ2v) is 21.5. The molecule has 8 atom stereocenters. The zero-order valence-electron chi connectivity index (χ0n) is 48.4. The molecule has 2 heterocycles. The summed E-state index contributed by atoms with van der Waals surface area (Å²) in [5, 5.41) is 5.91. The molecule has 2 fully saturated rings. The molecule has 74 heavy (non-hydrogen) atoms. The lowest BCUT2D eigenvalue weighted by atomic mass is 9.87. The summed E-state index contributed by atoms with van der Waals surface area (Å²) in [6.45, 7) is 27.2. The highest BCUT2D eigenvalue weighted by Gasteiger charge is 2.44. The second kappa shape index (κ2) is 34.8. The fourth-order valence-electron chi connectivity index (χ4n) is 9.80. The first-order valence-electron chi connectivity index (χ1n) is 27.5. The maximum Gasteiger partial charge on any atom is 0.238 e. The number of unbranched alkanes of at least 4 members (excludes halogenated alkanes) is 2. The molecule has 0 aliphatic carbocycles. The maximum atomic E-state index is 13.3. The SMILES string of the molecule is CC.CC(=O)[C@@H](NC(=O)C(C(C)C)N(C)CCCC(=O)NNC(=O)CCCCCN1C(=O)CC(C)(C)C1=O)C(C)C.CCC(C)[C@H](C)C(CC(=O)N1CCCC1C(OC)C(C)C(=O)NCCc1ccccc1)OC. The number of hydrazine groups is 1. The molecule has 0 bridgehead atoms. The van der Waals surface area contributed by atoms with E-state index in [0.29, 0.717) is 70.1 Å². The van der Waals surface area contributed by atoms with Crippen molar-refractivity contribution in [2.24, 2.45) is 35.0 Å². The van der Waals surface area contributed by atoms with Gasteiger partial charge in [-0.1, -0.05) is 126 Å². The number of rotatable bonds is 29. The number of carbonyl (C=O) groups is 8. The number of methoxy groups -OCH3 is 2. The van der Waals surface area contributed by atoms with Crippen LogP contribution in [0.5, 0.6) is 0 Å². The second-order valence-electron chi connectivity index (χ2n) is 21.5. The van der Waals surface area contributed by atoms with Crippen molar-refractivity contribution >= 4 is 47.1 Å². The van der Waals surface area contributed by atoms with Crippen LogP contribution in [0.15, 0.2) is 30.3 Å². The van der Waals surface area contributed by atoms with Gasteiger partial charge < -0.3 is 25.0 Å². The lowest BCUT2D eigenvalue weighted by Gasteiger charge is -2.35. The Morgan fingerprint density at radius 1 is 0.824 bits per heavy atom. The van der Waals surface area contributed by atoms with Crippen molar-refractivity contribution in [1.29, 1.82) is 0 Å². The van der Waals surface area contributed by atoms with E-state index in [-0.39, 0.29) is 102 Å². The summed E-state index contributed by atoms with van der Waals surface area (Å²) in [6, 6.07) is 9.05. The van der Waals surface area contributed by atoms with Crippen LogP contribution < -0.4 is 21.5 Å². The molecule has 0 radical (unpaired) electrons. The van der Waals surface area contributed by atoms with Crippen LogP contribution in [0.2, 0.25) is 0 Å². The quantitative estimate of drug-likeness (QED) is 0.0363. The number of hydrogen-bond donors (Lipinski definition) is 4. The van der Waals surface area contributed by atoms with Crippen LogP contribution in [0, 0.1) is 35.0 Å². The topological polar surface area (TPSA) is 213 Å². The van der Waals surface area contributed by atoms with Crippen LogP contribution in [0.4, 0.5) is 0 Å². The van der Waals surface area contributed by atoms with Crippen molar-refractivity contribution in [3.8, 4) is 0 Å². The van der Waals surface area contributed by atoms with Crippen molar-refractivity contribution in [3.63, 3.8) is 0 Å². The Morgan fingerprint density at radius 2 is 1.43 bits per heavy atom. The summed E-state index contributed by atoms with van der Waals surface area (Å²) in [4.78, 5) is 104. The smallest absolute Gasteiger partial charge is 0.238 e. The van der Waals surface area contributed by atoms with Gasteiger partial charge in [0.15, 0.2) is 5.78 Å². The van der Waals surface area contributed by atoms with Crippen molar-refractivity contribution in [1.82, 2.24) is 36.2 Å². The molecule has 2 aliphatic rings. The Morgan fingerprint density at radius 3 is 1.95 bits per heavy atom. The predicted octanol–water partition coefficient (Wildman–Crippen LogP) is 7.05. The summed E-state index contributed by atoms with van der Waals surface area (Å²) < 4.78 is 11.5. The number of ether oxygens (including phenoxy) is 2. The van der Waals surface area contributed by atoms with E-state index >= 15 is 0 Å². The largest absolute Gasteiger partial charge is 0.381 e. The number of Topliss-reactive ketones (excluding diaryl/α,β-unsaturated/α-hetero) is 1. The molecular formula is C57H99N7O10. The molecule has 1 aromatic rings. The van der Waals surface area contributed by atoms with E-state index in [2.05, 4.69) is 54.4 Å². The van der Waals surface area contributed by atoms with Gasteiger partial charge in [-0.15, -0.1) is 0 Å². The van der Waals surface area contributed by atoms with Gasteiger partial charge in [0.25, 0.3) is 0 Å². The van der Waals surface area contributed by atoms with Gasteiger partial charge in [-0.25, -0.2) is 0 Å². The van der Waals surface area contributed by atoms with Crippen LogP contribution in [0.1, 0.15) is 166 Å². The van der Waals surface area contributed by atoms with Gasteiger partial charge in [0, 0.05) is 53.1 Å². The van der Waals surface area contributed by atoms with Crippen LogP contribution >= 0.6 is 0 Å². The Bertz CT molecular complexity index is 1890. The molecule has 4 N–H and O–H groups in total. The standard InChI is InChI=1S/C28H49N5O6.C27H44N2O4.C2H6/c1-18(2)24(20(5)34)29-26(38)25(19(3)4)32(8)15-12-14-22(36)31-30-21(35)13-10-9-11-16-33-23(37)17-28(6,7)27(33)39;1-7-19(2)20(3)24(32-5)18-25(30)29-17-11-14-23(29)26(33-6)21(4)27(31)28-16-15-22-12-9-8-10-13-22;1-2/h18-19,24-25H,9-17H2,1-8H3,(H,29,38)(H,30,35)(H,31,36);8-10,12-13,19-21,23-24,26H,7,11,14-18H2,1-6H3,(H,28,31);1-2H3/t24-,25?;19?,20-,21?,23?,24?,26?;/m00./s1. The molecule has 3 rings (SSSR count). The molecule has 0 saturated carbocycles. The Kier molecular flexibility index (Phi) is 31.6. The fraction of sp³-hybridized carbons (Fsp3) is 0.754. The summed E-state index contributed by atoms with van der Waals surface area (Å²) in [5.41, 5.74) is 5.39. The van der Waals surface area contributed by atoms with E-state index in [4.69, 9.17) is 9.47 Å². The highest BCUT2D eigenvalue weighted by atomic mass is 16.5. The van der Waals surface area contributed by atoms with Gasteiger partial charge in [-0.3, -0.25) is 59.0 Å². The third kappa shape index (κ3) is 22.2. The highest BCUT2D eigenvalue weighted by Crippen LogP contribution is 2.32. The Labute approximate surface area is 445 Å². The van der Waals surface area contributed by atoms with Crippen molar-refractivity contribution in [2.75, 3.05) is 47.4 Å². The van der Waals surface area contributed by atoms with Crippen LogP contribution in [-0.4, -0.2) is 140 Å². The number of benzene rings is 1. The summed E-state index contributed by atoms with van der Waals surface area (Å²) >= 11 is 0. The van der Waals surface area contributed by atoms with Crippen LogP contribution in [0.3, 0.4) is 0 Å². The van der Waals surface area contributed by atoms with Crippen LogP contribution in [-0.2, 0) is 54.3 Å². The molecule has 2 aliphatic heterocycles. The third-order valence-corrected chi connectivity index (χ3v) is 14.6. The van der Waals surface area contributed by atoms with E-state index in [0.717, 1.165) is 25.7 Å². The van der Waals surface area contributed by atoms with E-state index in [1.165, 1.54) is 17.4 Å². The van der Waals surface area contributed by atoms with Crippen LogP contribution in [0.25, 0.3) is 0 Å². The zero-order valence-corrected chi connectivity index (χ0v) is 48.4. The Balaban J connectivity index is 0.000000724. The number of likely N-dealkylation sites (tertiary alicyclic amines) is 2.